The number of rotatable bonds is 4. The molecule has 2 aromatic heterocycles. The van der Waals surface area contributed by atoms with Crippen molar-refractivity contribution in [2.45, 2.75) is 46.0 Å². The van der Waals surface area contributed by atoms with Gasteiger partial charge in [-0.25, -0.2) is 9.97 Å². The van der Waals surface area contributed by atoms with Crippen molar-refractivity contribution in [1.29, 1.82) is 0 Å². The second-order valence-corrected chi connectivity index (χ2v) is 6.02. The van der Waals surface area contributed by atoms with E-state index < -0.39 is 0 Å². The minimum atomic E-state index is 0.876. The molecule has 0 aromatic carbocycles. The summed E-state index contributed by atoms with van der Waals surface area (Å²) in [5.41, 5.74) is 1.51. The summed E-state index contributed by atoms with van der Waals surface area (Å²) in [5.74, 6) is 1.94. The Hall–Kier alpha value is -1.16. The van der Waals surface area contributed by atoms with Crippen LogP contribution in [0.1, 0.15) is 42.5 Å². The van der Waals surface area contributed by atoms with Gasteiger partial charge in [-0.05, 0) is 38.2 Å². The molecule has 18 heavy (non-hydrogen) atoms. The Bertz CT molecular complexity index is 574. The first-order valence-electron chi connectivity index (χ1n) is 6.82. The van der Waals surface area contributed by atoms with E-state index in [1.54, 1.807) is 0 Å². The number of aryl methyl sites for hydroxylation is 3. The standard InChI is InChI=1S/C14H19N3S/c1-3-4-8-15-13-12-10-6-5-7-11(10)18-14(12)17-9(2)16-13/h3-8H2,1-2H3,(H,15,16,17). The van der Waals surface area contributed by atoms with Crippen molar-refractivity contribution in [3.63, 3.8) is 0 Å². The minimum absolute atomic E-state index is 0.876. The Morgan fingerprint density at radius 2 is 2.17 bits per heavy atom. The molecule has 0 aliphatic heterocycles. The van der Waals surface area contributed by atoms with Gasteiger partial charge in [0.2, 0.25) is 0 Å². The number of aromatic nitrogens is 2. The van der Waals surface area contributed by atoms with E-state index in [9.17, 15) is 0 Å². The molecule has 0 saturated carbocycles. The van der Waals surface area contributed by atoms with Crippen LogP contribution in [0.2, 0.25) is 0 Å². The van der Waals surface area contributed by atoms with Gasteiger partial charge >= 0.3 is 0 Å². The molecule has 2 heterocycles. The lowest BCUT2D eigenvalue weighted by Crippen LogP contribution is -2.05. The highest BCUT2D eigenvalue weighted by atomic mass is 32.1. The Morgan fingerprint density at radius 3 is 3.00 bits per heavy atom. The van der Waals surface area contributed by atoms with Gasteiger partial charge in [-0.2, -0.15) is 0 Å². The molecule has 0 unspecified atom stereocenters. The van der Waals surface area contributed by atoms with Gasteiger partial charge < -0.3 is 5.32 Å². The van der Waals surface area contributed by atoms with Crippen molar-refractivity contribution in [2.75, 3.05) is 11.9 Å². The highest BCUT2D eigenvalue weighted by Gasteiger charge is 2.21. The fourth-order valence-corrected chi connectivity index (χ4v) is 3.92. The quantitative estimate of drug-likeness (QED) is 0.853. The van der Waals surface area contributed by atoms with Crippen LogP contribution in [-0.2, 0) is 12.8 Å². The summed E-state index contributed by atoms with van der Waals surface area (Å²) in [7, 11) is 0. The van der Waals surface area contributed by atoms with E-state index in [1.807, 2.05) is 18.3 Å². The third kappa shape index (κ3) is 1.99. The summed E-state index contributed by atoms with van der Waals surface area (Å²) in [6.45, 7) is 5.20. The van der Waals surface area contributed by atoms with E-state index in [4.69, 9.17) is 0 Å². The first kappa shape index (κ1) is 11.9. The average Bonchev–Trinajstić information content (AvgIpc) is 2.88. The van der Waals surface area contributed by atoms with E-state index in [0.29, 0.717) is 0 Å². The van der Waals surface area contributed by atoms with Gasteiger partial charge in [-0.3, -0.25) is 0 Å². The minimum Gasteiger partial charge on any atom is -0.369 e. The number of nitrogens with zero attached hydrogens (tertiary/aromatic N) is 2. The molecule has 0 spiro atoms. The predicted molar refractivity (Wildman–Crippen MR) is 77.6 cm³/mol. The number of anilines is 1. The summed E-state index contributed by atoms with van der Waals surface area (Å²) >= 11 is 1.86. The summed E-state index contributed by atoms with van der Waals surface area (Å²) < 4.78 is 0. The molecule has 0 radical (unpaired) electrons. The molecule has 0 fully saturated rings. The second kappa shape index (κ2) is 4.84. The van der Waals surface area contributed by atoms with Crippen LogP contribution in [0.3, 0.4) is 0 Å². The molecule has 0 atom stereocenters. The van der Waals surface area contributed by atoms with E-state index in [0.717, 1.165) is 18.2 Å². The zero-order valence-electron chi connectivity index (χ0n) is 11.0. The van der Waals surface area contributed by atoms with Crippen molar-refractivity contribution in [3.8, 4) is 0 Å². The molecule has 96 valence electrons. The van der Waals surface area contributed by atoms with E-state index in [1.165, 1.54) is 52.8 Å². The van der Waals surface area contributed by atoms with E-state index in [2.05, 4.69) is 22.2 Å². The van der Waals surface area contributed by atoms with Crippen LogP contribution in [0, 0.1) is 6.92 Å². The summed E-state index contributed by atoms with van der Waals surface area (Å²) in [6.07, 6.45) is 6.12. The molecule has 1 aliphatic rings. The van der Waals surface area contributed by atoms with Crippen molar-refractivity contribution < 1.29 is 0 Å². The number of hydrogen-bond acceptors (Lipinski definition) is 4. The number of hydrogen-bond donors (Lipinski definition) is 1. The molecule has 2 aromatic rings. The predicted octanol–water partition coefficient (Wildman–Crippen LogP) is 3.70. The molecule has 3 rings (SSSR count). The Kier molecular flexibility index (Phi) is 3.20. The van der Waals surface area contributed by atoms with Crippen molar-refractivity contribution in [1.82, 2.24) is 9.97 Å². The Labute approximate surface area is 112 Å². The van der Waals surface area contributed by atoms with Gasteiger partial charge in [-0.1, -0.05) is 13.3 Å². The maximum Gasteiger partial charge on any atom is 0.138 e. The van der Waals surface area contributed by atoms with Crippen molar-refractivity contribution in [2.24, 2.45) is 0 Å². The van der Waals surface area contributed by atoms with Crippen LogP contribution in [0.15, 0.2) is 0 Å². The van der Waals surface area contributed by atoms with E-state index in [-0.39, 0.29) is 0 Å². The fourth-order valence-electron chi connectivity index (χ4n) is 2.61. The van der Waals surface area contributed by atoms with Gasteiger partial charge in [0, 0.05) is 11.4 Å². The van der Waals surface area contributed by atoms with Crippen LogP contribution < -0.4 is 5.32 Å². The zero-order valence-corrected chi connectivity index (χ0v) is 11.9. The molecule has 4 heteroatoms. The number of nitrogens with one attached hydrogen (secondary N) is 1. The average molecular weight is 261 g/mol. The second-order valence-electron chi connectivity index (χ2n) is 4.94. The van der Waals surface area contributed by atoms with E-state index >= 15 is 0 Å². The fraction of sp³-hybridized carbons (Fsp3) is 0.571. The molecule has 1 aliphatic carbocycles. The Balaban J connectivity index is 2.05. The largest absolute Gasteiger partial charge is 0.369 e. The maximum atomic E-state index is 4.61. The summed E-state index contributed by atoms with van der Waals surface area (Å²) in [4.78, 5) is 11.9. The lowest BCUT2D eigenvalue weighted by molar-refractivity contribution is 0.830. The van der Waals surface area contributed by atoms with Crippen molar-refractivity contribution >= 4 is 27.4 Å². The lowest BCUT2D eigenvalue weighted by Gasteiger charge is -2.08. The first-order valence-corrected chi connectivity index (χ1v) is 7.64. The van der Waals surface area contributed by atoms with Gasteiger partial charge in [0.25, 0.3) is 0 Å². The van der Waals surface area contributed by atoms with Gasteiger partial charge in [-0.15, -0.1) is 11.3 Å². The van der Waals surface area contributed by atoms with Gasteiger partial charge in [0.15, 0.2) is 0 Å². The highest BCUT2D eigenvalue weighted by molar-refractivity contribution is 7.19. The van der Waals surface area contributed by atoms with Crippen LogP contribution >= 0.6 is 11.3 Å². The smallest absolute Gasteiger partial charge is 0.138 e. The van der Waals surface area contributed by atoms with Crippen LogP contribution in [-0.4, -0.2) is 16.5 Å². The van der Waals surface area contributed by atoms with Crippen LogP contribution in [0.25, 0.3) is 10.2 Å². The van der Waals surface area contributed by atoms with Crippen LogP contribution in [0.4, 0.5) is 5.82 Å². The maximum absolute atomic E-state index is 4.61. The third-order valence-corrected chi connectivity index (χ3v) is 4.68. The monoisotopic (exact) mass is 261 g/mol. The van der Waals surface area contributed by atoms with Gasteiger partial charge in [0.1, 0.15) is 16.5 Å². The highest BCUT2D eigenvalue weighted by Crippen LogP contribution is 2.39. The Morgan fingerprint density at radius 1 is 1.28 bits per heavy atom. The molecular formula is C14H19N3S. The molecule has 0 saturated heterocycles. The third-order valence-electron chi connectivity index (χ3n) is 3.50. The first-order chi connectivity index (χ1) is 8.79. The molecule has 3 nitrogen and oxygen atoms in total. The molecular weight excluding hydrogens is 242 g/mol. The molecule has 0 amide bonds. The number of fused-ring (bicyclic) bond motifs is 3. The van der Waals surface area contributed by atoms with Crippen LogP contribution in [0.5, 0.6) is 0 Å². The molecule has 0 bridgehead atoms. The topological polar surface area (TPSA) is 37.8 Å². The normalized spacial score (nSPS) is 14.1. The van der Waals surface area contributed by atoms with Crippen molar-refractivity contribution in [3.05, 3.63) is 16.3 Å². The number of thiophene rings is 1. The number of unbranched alkanes of at least 4 members (excludes halogenated alkanes) is 1. The summed E-state index contributed by atoms with van der Waals surface area (Å²) in [6, 6.07) is 0. The summed E-state index contributed by atoms with van der Waals surface area (Å²) in [5, 5.41) is 4.80. The van der Waals surface area contributed by atoms with Gasteiger partial charge in [0.05, 0.1) is 5.39 Å². The lowest BCUT2D eigenvalue weighted by atomic mass is 10.2. The SMILES string of the molecule is CCCCNc1nc(C)nc2sc3c(c12)CCC3. The zero-order chi connectivity index (χ0) is 12.5. The molecule has 1 N–H and O–H groups in total.